The van der Waals surface area contributed by atoms with Crippen LogP contribution in [0.25, 0.3) is 0 Å². The van der Waals surface area contributed by atoms with Gasteiger partial charge in [-0.25, -0.2) is 4.98 Å². The van der Waals surface area contributed by atoms with E-state index in [-0.39, 0.29) is 24.0 Å². The van der Waals surface area contributed by atoms with Gasteiger partial charge in [0.25, 0.3) is 0 Å². The second-order valence-electron chi connectivity index (χ2n) is 3.78. The van der Waals surface area contributed by atoms with Crippen molar-refractivity contribution in [3.05, 3.63) is 36.9 Å². The van der Waals surface area contributed by atoms with Gasteiger partial charge in [0.15, 0.2) is 5.96 Å². The van der Waals surface area contributed by atoms with Crippen molar-refractivity contribution in [2.75, 3.05) is 19.0 Å². The van der Waals surface area contributed by atoms with Crippen molar-refractivity contribution < 1.29 is 4.74 Å². The Hall–Kier alpha value is -1.84. The van der Waals surface area contributed by atoms with Crippen molar-refractivity contribution in [3.8, 4) is 5.75 Å². The number of hydrogen-bond acceptors (Lipinski definition) is 4. The Labute approximate surface area is 134 Å². The number of aliphatic imine (C=N–C) groups is 1. The molecule has 0 aliphatic rings. The molecule has 2 rings (SSSR count). The van der Waals surface area contributed by atoms with Gasteiger partial charge in [0.2, 0.25) is 0 Å². The molecule has 0 amide bonds. The van der Waals surface area contributed by atoms with E-state index in [1.165, 1.54) is 6.33 Å². The molecule has 0 bridgehead atoms. The molecule has 1 aromatic carbocycles. The van der Waals surface area contributed by atoms with Gasteiger partial charge in [0.1, 0.15) is 18.4 Å². The molecule has 7 nitrogen and oxygen atoms in total. The van der Waals surface area contributed by atoms with Crippen LogP contribution in [0.15, 0.2) is 41.9 Å². The van der Waals surface area contributed by atoms with Crippen LogP contribution in [0.1, 0.15) is 0 Å². The highest BCUT2D eigenvalue weighted by atomic mass is 127. The Morgan fingerprint density at radius 3 is 3.05 bits per heavy atom. The number of nitrogens with two attached hydrogens (primary N) is 1. The van der Waals surface area contributed by atoms with Crippen molar-refractivity contribution in [2.24, 2.45) is 10.7 Å². The molecular weight excluding hydrogens is 371 g/mol. The van der Waals surface area contributed by atoms with Crippen molar-refractivity contribution >= 4 is 35.6 Å². The van der Waals surface area contributed by atoms with Crippen molar-refractivity contribution in [1.29, 1.82) is 0 Å². The molecule has 2 aromatic rings. The Balaban J connectivity index is 0.00000200. The first kappa shape index (κ1) is 16.2. The Morgan fingerprint density at radius 1 is 1.50 bits per heavy atom. The summed E-state index contributed by atoms with van der Waals surface area (Å²) in [6, 6.07) is 7.48. The number of methoxy groups -OCH3 is 1. The Kier molecular flexibility index (Phi) is 6.77. The molecule has 0 spiro atoms. The lowest BCUT2D eigenvalue weighted by atomic mass is 10.3. The van der Waals surface area contributed by atoms with E-state index in [9.17, 15) is 0 Å². The molecule has 0 aliphatic heterocycles. The quantitative estimate of drug-likeness (QED) is 0.458. The third-order valence-corrected chi connectivity index (χ3v) is 2.42. The van der Waals surface area contributed by atoms with Gasteiger partial charge in [-0.2, -0.15) is 5.10 Å². The minimum absolute atomic E-state index is 0. The fourth-order valence-electron chi connectivity index (χ4n) is 1.51. The van der Waals surface area contributed by atoms with Gasteiger partial charge >= 0.3 is 0 Å². The fraction of sp³-hybridized carbons (Fsp3) is 0.250. The molecule has 0 atom stereocenters. The van der Waals surface area contributed by atoms with Gasteiger partial charge in [-0.3, -0.25) is 9.67 Å². The van der Waals surface area contributed by atoms with Gasteiger partial charge < -0.3 is 15.8 Å². The standard InChI is InChI=1S/C12H16N6O.HI/c1-19-11-4-2-3-10(7-11)17-12(13)15-5-6-18-9-14-8-16-18;/h2-4,7-9H,5-6H2,1H3,(H3,13,15,17);1H. The molecule has 20 heavy (non-hydrogen) atoms. The van der Waals surface area contributed by atoms with E-state index >= 15 is 0 Å². The van der Waals surface area contributed by atoms with Crippen LogP contribution in [0.4, 0.5) is 5.69 Å². The summed E-state index contributed by atoms with van der Waals surface area (Å²) in [6.07, 6.45) is 3.13. The zero-order valence-electron chi connectivity index (χ0n) is 11.1. The highest BCUT2D eigenvalue weighted by Crippen LogP contribution is 2.16. The van der Waals surface area contributed by atoms with Crippen molar-refractivity contribution in [2.45, 2.75) is 6.54 Å². The third kappa shape index (κ3) is 5.03. The third-order valence-electron chi connectivity index (χ3n) is 2.42. The fourth-order valence-corrected chi connectivity index (χ4v) is 1.51. The first-order valence-corrected chi connectivity index (χ1v) is 5.81. The van der Waals surface area contributed by atoms with Crippen molar-refractivity contribution in [1.82, 2.24) is 14.8 Å². The summed E-state index contributed by atoms with van der Waals surface area (Å²) in [7, 11) is 1.62. The molecule has 0 saturated heterocycles. The number of nitrogens with zero attached hydrogens (tertiary/aromatic N) is 4. The number of benzene rings is 1. The maximum atomic E-state index is 5.79. The smallest absolute Gasteiger partial charge is 0.193 e. The predicted molar refractivity (Wildman–Crippen MR) is 88.5 cm³/mol. The van der Waals surface area contributed by atoms with Gasteiger partial charge in [-0.1, -0.05) is 6.07 Å². The average molecular weight is 388 g/mol. The number of anilines is 1. The summed E-state index contributed by atoms with van der Waals surface area (Å²) in [6.45, 7) is 1.17. The van der Waals surface area contributed by atoms with Gasteiger partial charge in [-0.15, -0.1) is 24.0 Å². The van der Waals surface area contributed by atoms with Crippen LogP contribution in [-0.4, -0.2) is 34.4 Å². The lowest BCUT2D eigenvalue weighted by Crippen LogP contribution is -2.23. The average Bonchev–Trinajstić information content (AvgIpc) is 2.92. The highest BCUT2D eigenvalue weighted by Gasteiger charge is 1.97. The van der Waals surface area contributed by atoms with Crippen LogP contribution in [-0.2, 0) is 6.54 Å². The number of nitrogens with one attached hydrogen (secondary N) is 1. The SMILES string of the molecule is COc1cccc(NC(N)=NCCn2cncn2)c1.I. The van der Waals surface area contributed by atoms with Gasteiger partial charge in [0, 0.05) is 11.8 Å². The summed E-state index contributed by atoms with van der Waals surface area (Å²) in [5.41, 5.74) is 6.62. The van der Waals surface area contributed by atoms with E-state index < -0.39 is 0 Å². The van der Waals surface area contributed by atoms with E-state index in [4.69, 9.17) is 10.5 Å². The minimum Gasteiger partial charge on any atom is -0.497 e. The van der Waals surface area contributed by atoms with E-state index in [1.54, 1.807) is 18.1 Å². The molecule has 108 valence electrons. The summed E-state index contributed by atoms with van der Waals surface area (Å²) < 4.78 is 6.82. The summed E-state index contributed by atoms with van der Waals surface area (Å²) in [5, 5.41) is 6.98. The monoisotopic (exact) mass is 388 g/mol. The zero-order valence-corrected chi connectivity index (χ0v) is 13.4. The largest absolute Gasteiger partial charge is 0.497 e. The minimum atomic E-state index is 0. The van der Waals surface area contributed by atoms with E-state index in [1.807, 2.05) is 24.3 Å². The molecule has 0 aliphatic carbocycles. The number of halogens is 1. The van der Waals surface area contributed by atoms with Crippen LogP contribution < -0.4 is 15.8 Å². The number of hydrogen-bond donors (Lipinski definition) is 2. The van der Waals surface area contributed by atoms with E-state index in [0.717, 1.165) is 11.4 Å². The second-order valence-corrected chi connectivity index (χ2v) is 3.78. The molecule has 0 fully saturated rings. The van der Waals surface area contributed by atoms with Crippen LogP contribution >= 0.6 is 24.0 Å². The van der Waals surface area contributed by atoms with E-state index in [2.05, 4.69) is 20.4 Å². The molecule has 0 unspecified atom stereocenters. The predicted octanol–water partition coefficient (Wildman–Crippen LogP) is 1.33. The highest BCUT2D eigenvalue weighted by molar-refractivity contribution is 14.0. The summed E-state index contributed by atoms with van der Waals surface area (Å²) >= 11 is 0. The first-order chi connectivity index (χ1) is 9.28. The van der Waals surface area contributed by atoms with Crippen molar-refractivity contribution in [3.63, 3.8) is 0 Å². The zero-order chi connectivity index (χ0) is 13.5. The van der Waals surface area contributed by atoms with Crippen LogP contribution in [0.2, 0.25) is 0 Å². The first-order valence-electron chi connectivity index (χ1n) is 5.81. The Morgan fingerprint density at radius 2 is 2.35 bits per heavy atom. The molecule has 1 heterocycles. The van der Waals surface area contributed by atoms with Crippen LogP contribution in [0, 0.1) is 0 Å². The maximum Gasteiger partial charge on any atom is 0.193 e. The van der Waals surface area contributed by atoms with Crippen LogP contribution in [0.3, 0.4) is 0 Å². The lowest BCUT2D eigenvalue weighted by Gasteiger charge is -2.07. The number of aromatic nitrogens is 3. The van der Waals surface area contributed by atoms with E-state index in [0.29, 0.717) is 19.0 Å². The van der Waals surface area contributed by atoms with Crippen LogP contribution in [0.5, 0.6) is 5.75 Å². The molecule has 0 radical (unpaired) electrons. The topological polar surface area (TPSA) is 90.3 Å². The summed E-state index contributed by atoms with van der Waals surface area (Å²) in [4.78, 5) is 8.05. The molecule has 3 N–H and O–H groups in total. The number of rotatable bonds is 5. The number of ether oxygens (including phenoxy) is 1. The molecular formula is C12H17IN6O. The summed E-state index contributed by atoms with van der Waals surface area (Å²) in [5.74, 6) is 1.12. The molecule has 1 aromatic heterocycles. The molecule has 0 saturated carbocycles. The maximum absolute atomic E-state index is 5.79. The second kappa shape index (κ2) is 8.35. The normalized spacial score (nSPS) is 10.8. The lowest BCUT2D eigenvalue weighted by molar-refractivity contribution is 0.415. The number of guanidine groups is 1. The van der Waals surface area contributed by atoms with Gasteiger partial charge in [0.05, 0.1) is 20.2 Å². The molecule has 8 heteroatoms. The van der Waals surface area contributed by atoms with Gasteiger partial charge in [-0.05, 0) is 12.1 Å². The Bertz CT molecular complexity index is 543.